The number of aliphatic carboxylic acids is 2. The van der Waals surface area contributed by atoms with Crippen molar-refractivity contribution >= 4 is 51.4 Å². The molecule has 0 radical (unpaired) electrons. The Kier molecular flexibility index (Phi) is 18.4. The molecule has 484 valence electrons. The molecule has 14 rings (SSSR count). The van der Waals surface area contributed by atoms with Crippen molar-refractivity contribution in [3.05, 3.63) is 182 Å². The van der Waals surface area contributed by atoms with E-state index in [1.165, 1.54) is 19.0 Å². The van der Waals surface area contributed by atoms with E-state index in [-0.39, 0.29) is 60.5 Å². The van der Waals surface area contributed by atoms with Crippen molar-refractivity contribution < 1.29 is 48.7 Å². The molecule has 0 unspecified atom stereocenters. The fraction of sp³-hybridized carbons (Fsp3) is 0.229. The molecule has 0 amide bonds. The van der Waals surface area contributed by atoms with E-state index in [0.29, 0.717) is 129 Å². The summed E-state index contributed by atoms with van der Waals surface area (Å²) in [6.45, 7) is 10.7. The van der Waals surface area contributed by atoms with Crippen LogP contribution in [0.15, 0.2) is 149 Å². The minimum atomic E-state index is -0.928. The number of fused-ring (bicyclic) bond motifs is 4. The minimum Gasteiger partial charge on any atom is -0.508 e. The molecule has 1 aliphatic heterocycles. The third-order valence-corrected chi connectivity index (χ3v) is 16.1. The number of esters is 1. The molecule has 7 heterocycles. The summed E-state index contributed by atoms with van der Waals surface area (Å²) >= 11 is 0. The molecule has 2 atom stereocenters. The van der Waals surface area contributed by atoms with E-state index >= 15 is 0 Å². The highest BCUT2D eigenvalue weighted by molar-refractivity contribution is 5.84. The predicted molar refractivity (Wildman–Crippen MR) is 356 cm³/mol. The first kappa shape index (κ1) is 64.5. The van der Waals surface area contributed by atoms with E-state index in [2.05, 4.69) is 59.8 Å². The number of benzene rings is 6. The van der Waals surface area contributed by atoms with Gasteiger partial charge in [0.05, 0.1) is 66.8 Å². The Balaban J connectivity index is 0.000000144. The molecule has 2 aliphatic rings. The maximum absolute atomic E-state index is 12.4. The van der Waals surface area contributed by atoms with E-state index in [0.717, 1.165) is 44.5 Å². The van der Waals surface area contributed by atoms with Gasteiger partial charge >= 0.3 is 17.9 Å². The number of hydrogen-bond donors (Lipinski definition) is 9. The van der Waals surface area contributed by atoms with Crippen molar-refractivity contribution in [2.75, 3.05) is 19.8 Å². The van der Waals surface area contributed by atoms with Gasteiger partial charge in [-0.15, -0.1) is 0 Å². The van der Waals surface area contributed by atoms with E-state index in [1.807, 2.05) is 126 Å². The number of hydrogen-bond acceptors (Lipinski definition) is 17. The lowest BCUT2D eigenvalue weighted by atomic mass is 9.83. The van der Waals surface area contributed by atoms with Gasteiger partial charge in [0.15, 0.2) is 33.5 Å². The lowest BCUT2D eigenvalue weighted by molar-refractivity contribution is -0.145. The lowest BCUT2D eigenvalue weighted by Crippen LogP contribution is -2.35. The number of carboxylic acids is 2. The van der Waals surface area contributed by atoms with Crippen LogP contribution in [-0.2, 0) is 27.2 Å². The van der Waals surface area contributed by atoms with Gasteiger partial charge in [0.25, 0.3) is 16.7 Å². The van der Waals surface area contributed by atoms with Gasteiger partial charge in [-0.1, -0.05) is 62.0 Å². The number of nitrogens with zero attached hydrogens (tertiary/aromatic N) is 6. The fourth-order valence-electron chi connectivity index (χ4n) is 11.2. The third kappa shape index (κ3) is 13.7. The zero-order valence-electron chi connectivity index (χ0n) is 51.4. The van der Waals surface area contributed by atoms with Crippen LogP contribution in [0.5, 0.6) is 28.7 Å². The van der Waals surface area contributed by atoms with Crippen molar-refractivity contribution in [3.8, 4) is 96.3 Å². The number of carboxylic acid groups (broad SMARTS) is 2. The van der Waals surface area contributed by atoms with Crippen LogP contribution in [0.2, 0.25) is 0 Å². The summed E-state index contributed by atoms with van der Waals surface area (Å²) in [5.74, 6) is 1.40. The maximum atomic E-state index is 12.4. The Bertz CT molecular complexity index is 5100. The van der Waals surface area contributed by atoms with Crippen LogP contribution in [0.25, 0.3) is 101 Å². The number of carbonyl (C=O) groups is 3. The predicted octanol–water partition coefficient (Wildman–Crippen LogP) is 11.2. The number of aromatic nitrogens is 12. The molecule has 9 N–H and O–H groups in total. The topological polar surface area (TPSA) is 372 Å². The molecule has 6 aromatic carbocycles. The van der Waals surface area contributed by atoms with Crippen LogP contribution >= 0.6 is 0 Å². The second-order valence-electron chi connectivity index (χ2n) is 22.9. The second-order valence-corrected chi connectivity index (χ2v) is 22.9. The van der Waals surface area contributed by atoms with Crippen molar-refractivity contribution in [2.45, 2.75) is 73.6 Å². The minimum absolute atomic E-state index is 0. The largest absolute Gasteiger partial charge is 0.508 e. The van der Waals surface area contributed by atoms with E-state index in [1.54, 1.807) is 24.3 Å². The fourth-order valence-corrected chi connectivity index (χ4v) is 11.2. The second kappa shape index (κ2) is 27.0. The van der Waals surface area contributed by atoms with Crippen molar-refractivity contribution in [2.24, 2.45) is 11.3 Å². The zero-order valence-corrected chi connectivity index (χ0v) is 51.4. The van der Waals surface area contributed by atoms with Crippen LogP contribution in [-0.4, -0.2) is 113 Å². The number of H-pyrrole nitrogens is 6. The SMILES string of the molecule is C.CCOc1cc(-c2ccc(O)c(CCC(=O)O)c2)ccc1-c1nc2nc[nH]c2c(=O)[nH]1.CCOc1cc(-c2ccc3c(c2)CC(C)(C)C(=O)O3)ccc1-c1nc2nc[nH]c2c(=O)[nH]1.CCOc1cc(-c2cccc([C@@H]3C[C@@H]3C(=O)O)c2)ccc1-c1nc2nc[nH]c2c(=O)[nH]1. The zero-order chi connectivity index (χ0) is 65.9. The molecule has 95 heavy (non-hydrogen) atoms. The van der Waals surface area contributed by atoms with Gasteiger partial charge in [0.1, 0.15) is 46.2 Å². The van der Waals surface area contributed by atoms with E-state index in [4.69, 9.17) is 24.1 Å². The summed E-state index contributed by atoms with van der Waals surface area (Å²) in [7, 11) is 0. The van der Waals surface area contributed by atoms with Crippen molar-refractivity contribution in [1.82, 2.24) is 59.8 Å². The molecular weight excluding hydrogens is 1220 g/mol. The molecule has 0 bridgehead atoms. The maximum Gasteiger partial charge on any atom is 0.317 e. The highest BCUT2D eigenvalue weighted by Crippen LogP contribution is 2.48. The normalized spacial score (nSPS) is 14.3. The average molecular weight is 1280 g/mol. The van der Waals surface area contributed by atoms with Crippen LogP contribution in [0.4, 0.5) is 0 Å². The standard InChI is InChI=1S/C24H22N4O4.C23H20N4O4.C22H20N4O5.CH4/c1-4-31-18-10-14(13-6-8-17-15(9-13)11-24(2,3)23(30)32-17)5-7-16(18)20-27-21-19(22(29)28-20)25-12-26-21;1-2-31-18-9-13(12-4-3-5-14(8-12)16-10-17(16)23(29)30)6-7-15(18)20-26-21-19(22(28)27-20)24-11-25-21;1-2-31-17-10-13(12-4-7-16(27)14(9-12)5-8-18(28)29)3-6-15(17)20-25-21-19(22(30)26-20)23-11-24-21;/h5-10,12H,4,11H2,1-3H3,(H2,25,26,27,28,29);3-9,11,16-17H,2,10H2,1H3,(H,29,30)(H2,24,25,26,27,28);3-4,6-7,9-11,27H,2,5,8H2,1H3,(H,28,29)(H2,23,24,25,26,30);1H4/t;16-,17-;;/m.0../s1. The molecule has 0 spiro atoms. The van der Waals surface area contributed by atoms with Crippen molar-refractivity contribution in [3.63, 3.8) is 0 Å². The van der Waals surface area contributed by atoms with Gasteiger partial charge in [-0.05, 0) is 171 Å². The molecule has 25 heteroatoms. The van der Waals surface area contributed by atoms with Gasteiger partial charge in [0, 0.05) is 6.42 Å². The van der Waals surface area contributed by atoms with Crippen LogP contribution in [0.3, 0.4) is 0 Å². The van der Waals surface area contributed by atoms with Gasteiger partial charge in [-0.2, -0.15) is 0 Å². The van der Waals surface area contributed by atoms with Gasteiger partial charge in [-0.3, -0.25) is 28.8 Å². The number of carbonyl (C=O) groups excluding carboxylic acids is 1. The number of nitrogens with one attached hydrogen (secondary N) is 6. The molecule has 0 saturated heterocycles. The van der Waals surface area contributed by atoms with Gasteiger partial charge < -0.3 is 64.2 Å². The summed E-state index contributed by atoms with van der Waals surface area (Å²) < 4.78 is 23.1. The van der Waals surface area contributed by atoms with E-state index in [9.17, 15) is 39.0 Å². The molecular formula is C70H66N12O13. The number of rotatable bonds is 17. The van der Waals surface area contributed by atoms with E-state index < -0.39 is 17.4 Å². The Labute approximate surface area is 540 Å². The summed E-state index contributed by atoms with van der Waals surface area (Å²) in [4.78, 5) is 113. The summed E-state index contributed by atoms with van der Waals surface area (Å²) in [6.07, 6.45) is 5.73. The quantitative estimate of drug-likeness (QED) is 0.0302. The number of aromatic hydroxyl groups is 1. The smallest absolute Gasteiger partial charge is 0.317 e. The Hall–Kier alpha value is -12.0. The highest BCUT2D eigenvalue weighted by atomic mass is 16.5. The molecule has 1 fully saturated rings. The number of ether oxygens (including phenoxy) is 4. The summed E-state index contributed by atoms with van der Waals surface area (Å²) in [6, 6.07) is 35.7. The van der Waals surface area contributed by atoms with Crippen LogP contribution in [0, 0.1) is 11.3 Å². The number of aryl methyl sites for hydroxylation is 1. The van der Waals surface area contributed by atoms with Crippen LogP contribution in [0.1, 0.15) is 77.5 Å². The Morgan fingerprint density at radius 3 is 1.44 bits per heavy atom. The first-order valence-corrected chi connectivity index (χ1v) is 30.2. The number of aromatic amines is 6. The number of phenolic OH excluding ortho intramolecular Hbond substituents is 1. The van der Waals surface area contributed by atoms with Gasteiger partial charge in [0.2, 0.25) is 0 Å². The molecule has 25 nitrogen and oxygen atoms in total. The van der Waals surface area contributed by atoms with Crippen molar-refractivity contribution in [1.29, 1.82) is 0 Å². The Morgan fingerprint density at radius 1 is 0.568 bits per heavy atom. The summed E-state index contributed by atoms with van der Waals surface area (Å²) in [5.41, 5.74) is 10.5. The molecule has 1 saturated carbocycles. The molecule has 12 aromatic rings. The number of imidazole rings is 3. The lowest BCUT2D eigenvalue weighted by Gasteiger charge is -2.29. The first-order chi connectivity index (χ1) is 45.4. The average Bonchev–Trinajstić information content (AvgIpc) is 1.71. The summed E-state index contributed by atoms with van der Waals surface area (Å²) in [5, 5.41) is 28.2. The Morgan fingerprint density at radius 2 is 1.00 bits per heavy atom. The third-order valence-electron chi connectivity index (χ3n) is 16.1. The molecule has 6 aromatic heterocycles. The molecule has 1 aliphatic carbocycles. The van der Waals surface area contributed by atoms with Crippen LogP contribution < -0.4 is 35.6 Å². The highest BCUT2D eigenvalue weighted by Gasteiger charge is 2.44. The first-order valence-electron chi connectivity index (χ1n) is 30.2. The monoisotopic (exact) mass is 1280 g/mol. The number of phenols is 1. The van der Waals surface area contributed by atoms with Gasteiger partial charge in [-0.25, -0.2) is 29.9 Å².